The van der Waals surface area contributed by atoms with Crippen molar-refractivity contribution in [2.75, 3.05) is 26.7 Å². The summed E-state index contributed by atoms with van der Waals surface area (Å²) in [7, 11) is 1.60. The Bertz CT molecular complexity index is 225. The van der Waals surface area contributed by atoms with E-state index in [1.807, 2.05) is 4.90 Å². The van der Waals surface area contributed by atoms with Gasteiger partial charge in [0.25, 0.3) is 0 Å². The fourth-order valence-corrected chi connectivity index (χ4v) is 1.91. The van der Waals surface area contributed by atoms with Crippen LogP contribution in [0.25, 0.3) is 0 Å². The van der Waals surface area contributed by atoms with Crippen LogP contribution < -0.4 is 5.73 Å². The van der Waals surface area contributed by atoms with Crippen molar-refractivity contribution >= 4 is 5.91 Å². The summed E-state index contributed by atoms with van der Waals surface area (Å²) < 4.78 is 5.11. The van der Waals surface area contributed by atoms with E-state index in [9.17, 15) is 4.79 Å². The number of nitrogens with two attached hydrogens (primary N) is 1. The average Bonchev–Trinajstić information content (AvgIpc) is 2.55. The molecule has 1 saturated heterocycles. The highest BCUT2D eigenvalue weighted by Gasteiger charge is 2.32. The van der Waals surface area contributed by atoms with Gasteiger partial charge in [-0.2, -0.15) is 0 Å². The van der Waals surface area contributed by atoms with Crippen LogP contribution in [0.2, 0.25) is 0 Å². The number of ether oxygens (including phenoxy) is 1. The molecule has 0 aliphatic carbocycles. The minimum Gasteiger partial charge on any atom is -0.380 e. The van der Waals surface area contributed by atoms with Gasteiger partial charge in [-0.3, -0.25) is 4.79 Å². The number of hydrogen-bond donors (Lipinski definition) is 1. The minimum absolute atomic E-state index is 0.138. The van der Waals surface area contributed by atoms with Crippen molar-refractivity contribution in [3.05, 3.63) is 0 Å². The summed E-state index contributed by atoms with van der Waals surface area (Å²) in [6.07, 6.45) is 1.35. The lowest BCUT2D eigenvalue weighted by molar-refractivity contribution is -0.132. The molecule has 0 bridgehead atoms. The lowest BCUT2D eigenvalue weighted by Gasteiger charge is -2.21. The van der Waals surface area contributed by atoms with Gasteiger partial charge in [0.15, 0.2) is 0 Å². The van der Waals surface area contributed by atoms with Crippen molar-refractivity contribution in [3.8, 4) is 0 Å². The van der Waals surface area contributed by atoms with E-state index in [1.54, 1.807) is 7.11 Å². The summed E-state index contributed by atoms with van der Waals surface area (Å²) in [5.41, 5.74) is 5.75. The maximum Gasteiger partial charge on any atom is 0.225 e. The van der Waals surface area contributed by atoms with E-state index in [0.717, 1.165) is 19.5 Å². The maximum absolute atomic E-state index is 11.9. The van der Waals surface area contributed by atoms with Gasteiger partial charge in [0.2, 0.25) is 5.91 Å². The van der Waals surface area contributed by atoms with Crippen LogP contribution in [0.1, 0.15) is 26.7 Å². The molecule has 0 aromatic carbocycles. The highest BCUT2D eigenvalue weighted by molar-refractivity contribution is 5.77. The highest BCUT2D eigenvalue weighted by Crippen LogP contribution is 2.29. The first-order valence-corrected chi connectivity index (χ1v) is 5.49. The zero-order chi connectivity index (χ0) is 11.5. The molecule has 1 heterocycles. The first kappa shape index (κ1) is 12.5. The number of nitrogens with zero attached hydrogens (tertiary/aromatic N) is 1. The molecule has 88 valence electrons. The molecular formula is C11H22N2O2. The summed E-state index contributed by atoms with van der Waals surface area (Å²) in [6.45, 7) is 6.51. The number of hydrogen-bond acceptors (Lipinski definition) is 3. The third-order valence-electron chi connectivity index (χ3n) is 3.03. The SMILES string of the molecule is COC(CN)CC(=O)N1CCC(C)(C)C1. The molecule has 1 unspecified atom stereocenters. The zero-order valence-electron chi connectivity index (χ0n) is 9.95. The second-order valence-electron chi connectivity index (χ2n) is 5.03. The normalized spacial score (nSPS) is 21.7. The number of methoxy groups -OCH3 is 1. The van der Waals surface area contributed by atoms with Crippen LogP contribution >= 0.6 is 0 Å². The summed E-state index contributed by atoms with van der Waals surface area (Å²) >= 11 is 0. The van der Waals surface area contributed by atoms with Gasteiger partial charge >= 0.3 is 0 Å². The lowest BCUT2D eigenvalue weighted by Crippen LogP contribution is -2.35. The number of amides is 1. The Hall–Kier alpha value is -0.610. The van der Waals surface area contributed by atoms with Gasteiger partial charge < -0.3 is 15.4 Å². The Morgan fingerprint density at radius 1 is 1.60 bits per heavy atom. The fourth-order valence-electron chi connectivity index (χ4n) is 1.91. The summed E-state index contributed by atoms with van der Waals surface area (Å²) in [4.78, 5) is 13.8. The van der Waals surface area contributed by atoms with Crippen LogP contribution in [0.3, 0.4) is 0 Å². The number of carbonyl (C=O) groups excluding carboxylic acids is 1. The average molecular weight is 214 g/mol. The molecule has 1 rings (SSSR count). The van der Waals surface area contributed by atoms with Gasteiger partial charge in [0.05, 0.1) is 12.5 Å². The topological polar surface area (TPSA) is 55.6 Å². The second kappa shape index (κ2) is 4.94. The van der Waals surface area contributed by atoms with E-state index in [1.165, 1.54) is 0 Å². The van der Waals surface area contributed by atoms with E-state index in [4.69, 9.17) is 10.5 Å². The molecule has 1 amide bonds. The molecule has 1 fully saturated rings. The van der Waals surface area contributed by atoms with Crippen LogP contribution in [-0.2, 0) is 9.53 Å². The number of rotatable bonds is 4. The van der Waals surface area contributed by atoms with Gasteiger partial charge in [-0.05, 0) is 11.8 Å². The van der Waals surface area contributed by atoms with Gasteiger partial charge in [-0.15, -0.1) is 0 Å². The van der Waals surface area contributed by atoms with E-state index >= 15 is 0 Å². The van der Waals surface area contributed by atoms with Crippen LogP contribution in [0.5, 0.6) is 0 Å². The van der Waals surface area contributed by atoms with Crippen molar-refractivity contribution in [3.63, 3.8) is 0 Å². The number of likely N-dealkylation sites (tertiary alicyclic amines) is 1. The fraction of sp³-hybridized carbons (Fsp3) is 0.909. The molecule has 0 aromatic rings. The second-order valence-corrected chi connectivity index (χ2v) is 5.03. The molecule has 1 aliphatic heterocycles. The monoisotopic (exact) mass is 214 g/mol. The van der Waals surface area contributed by atoms with E-state index in [2.05, 4.69) is 13.8 Å². The minimum atomic E-state index is -0.138. The molecule has 0 spiro atoms. The first-order valence-electron chi connectivity index (χ1n) is 5.49. The van der Waals surface area contributed by atoms with Gasteiger partial charge in [-0.25, -0.2) is 0 Å². The van der Waals surface area contributed by atoms with E-state index in [0.29, 0.717) is 13.0 Å². The Kier molecular flexibility index (Phi) is 4.11. The first-order chi connectivity index (χ1) is 6.98. The highest BCUT2D eigenvalue weighted by atomic mass is 16.5. The molecule has 4 nitrogen and oxygen atoms in total. The van der Waals surface area contributed by atoms with Crippen molar-refractivity contribution < 1.29 is 9.53 Å². The maximum atomic E-state index is 11.9. The van der Waals surface area contributed by atoms with Crippen molar-refractivity contribution in [1.29, 1.82) is 0 Å². The lowest BCUT2D eigenvalue weighted by atomic mass is 9.93. The Morgan fingerprint density at radius 3 is 2.67 bits per heavy atom. The third-order valence-corrected chi connectivity index (χ3v) is 3.03. The van der Waals surface area contributed by atoms with Crippen LogP contribution in [0.15, 0.2) is 0 Å². The van der Waals surface area contributed by atoms with Crippen LogP contribution in [0.4, 0.5) is 0 Å². The van der Waals surface area contributed by atoms with E-state index < -0.39 is 0 Å². The molecular weight excluding hydrogens is 192 g/mol. The summed E-state index contributed by atoms with van der Waals surface area (Å²) in [6, 6.07) is 0. The largest absolute Gasteiger partial charge is 0.380 e. The standard InChI is InChI=1S/C11H22N2O2/c1-11(2)4-5-13(8-11)10(14)6-9(7-12)15-3/h9H,4-8,12H2,1-3H3. The molecule has 2 N–H and O–H groups in total. The number of carbonyl (C=O) groups is 1. The third kappa shape index (κ3) is 3.47. The molecule has 1 aliphatic rings. The summed E-state index contributed by atoms with van der Waals surface area (Å²) in [5.74, 6) is 0.165. The van der Waals surface area contributed by atoms with Crippen LogP contribution in [0, 0.1) is 5.41 Å². The summed E-state index contributed by atoms with van der Waals surface area (Å²) in [5, 5.41) is 0. The Labute approximate surface area is 91.8 Å². The predicted molar refractivity (Wildman–Crippen MR) is 59.4 cm³/mol. The Morgan fingerprint density at radius 2 is 2.27 bits per heavy atom. The molecule has 0 radical (unpaired) electrons. The molecule has 0 aromatic heterocycles. The molecule has 15 heavy (non-hydrogen) atoms. The van der Waals surface area contributed by atoms with Crippen molar-refractivity contribution in [1.82, 2.24) is 4.90 Å². The predicted octanol–water partition coefficient (Wildman–Crippen LogP) is 0.609. The van der Waals surface area contributed by atoms with Gasteiger partial charge in [-0.1, -0.05) is 13.8 Å². The quantitative estimate of drug-likeness (QED) is 0.746. The zero-order valence-corrected chi connectivity index (χ0v) is 9.95. The molecule has 0 saturated carbocycles. The molecule has 4 heteroatoms. The smallest absolute Gasteiger partial charge is 0.225 e. The van der Waals surface area contributed by atoms with Gasteiger partial charge in [0, 0.05) is 26.7 Å². The Balaban J connectivity index is 2.42. The van der Waals surface area contributed by atoms with Crippen molar-refractivity contribution in [2.24, 2.45) is 11.1 Å². The van der Waals surface area contributed by atoms with Crippen LogP contribution in [-0.4, -0.2) is 43.7 Å². The molecule has 1 atom stereocenters. The van der Waals surface area contributed by atoms with E-state index in [-0.39, 0.29) is 17.4 Å². The van der Waals surface area contributed by atoms with Gasteiger partial charge in [0.1, 0.15) is 0 Å². The van der Waals surface area contributed by atoms with Crippen molar-refractivity contribution in [2.45, 2.75) is 32.8 Å².